The van der Waals surface area contributed by atoms with E-state index in [1.165, 1.54) is 4.90 Å². The zero-order valence-electron chi connectivity index (χ0n) is 21.8. The molecule has 1 amide bonds. The second kappa shape index (κ2) is 14.9. The van der Waals surface area contributed by atoms with Crippen molar-refractivity contribution in [2.24, 2.45) is 0 Å². The van der Waals surface area contributed by atoms with Gasteiger partial charge >= 0.3 is 11.9 Å². The van der Waals surface area contributed by atoms with Crippen LogP contribution in [0.2, 0.25) is 0 Å². The predicted octanol–water partition coefficient (Wildman–Crippen LogP) is 4.10. The number of nitrogens with one attached hydrogen (secondary N) is 1. The molecule has 2 atom stereocenters. The quantitative estimate of drug-likeness (QED) is 0.358. The summed E-state index contributed by atoms with van der Waals surface area (Å²) in [5.41, 5.74) is 2.39. The maximum Gasteiger partial charge on any atom is 0.326 e. The summed E-state index contributed by atoms with van der Waals surface area (Å²) in [7, 11) is 0. The van der Waals surface area contributed by atoms with Crippen LogP contribution >= 0.6 is 12.4 Å². The van der Waals surface area contributed by atoms with Gasteiger partial charge in [-0.2, -0.15) is 0 Å². The number of halogens is 1. The third-order valence-electron chi connectivity index (χ3n) is 6.19. The highest BCUT2D eigenvalue weighted by molar-refractivity contribution is 6.02. The number of hydrogen-bond acceptors (Lipinski definition) is 7. The fraction of sp³-hybridized carbons (Fsp3) is 0.300. The number of aryl methyl sites for hydroxylation is 1. The molecule has 1 aliphatic heterocycles. The van der Waals surface area contributed by atoms with Crippen LogP contribution in [0.4, 0.5) is 5.69 Å². The Morgan fingerprint density at radius 1 is 0.949 bits per heavy atom. The average Bonchev–Trinajstić information content (AvgIpc) is 3.07. The summed E-state index contributed by atoms with van der Waals surface area (Å²) < 4.78 is 16.7. The average molecular weight is 553 g/mol. The number of carbonyl (C=O) groups excluding carboxylic acids is 3. The van der Waals surface area contributed by atoms with E-state index in [4.69, 9.17) is 14.2 Å². The predicted molar refractivity (Wildman–Crippen MR) is 150 cm³/mol. The molecule has 1 aliphatic rings. The van der Waals surface area contributed by atoms with Gasteiger partial charge in [0, 0.05) is 0 Å². The van der Waals surface area contributed by atoms with E-state index in [9.17, 15) is 14.4 Å². The van der Waals surface area contributed by atoms with Crippen molar-refractivity contribution in [1.29, 1.82) is 0 Å². The highest BCUT2D eigenvalue weighted by atomic mass is 35.5. The summed E-state index contributed by atoms with van der Waals surface area (Å²) >= 11 is 0. The molecule has 4 rings (SSSR count). The number of benzene rings is 3. The first-order valence-electron chi connectivity index (χ1n) is 12.7. The maximum atomic E-state index is 13.7. The summed E-state index contributed by atoms with van der Waals surface area (Å²) in [5.74, 6) is -0.908. The second-order valence-electron chi connectivity index (χ2n) is 8.90. The highest BCUT2D eigenvalue weighted by Gasteiger charge is 2.35. The van der Waals surface area contributed by atoms with Gasteiger partial charge in [-0.05, 0) is 43.0 Å². The van der Waals surface area contributed by atoms with Crippen molar-refractivity contribution in [3.63, 3.8) is 0 Å². The molecular weight excluding hydrogens is 520 g/mol. The van der Waals surface area contributed by atoms with Gasteiger partial charge < -0.3 is 14.2 Å². The Balaban J connectivity index is 0.00000420. The van der Waals surface area contributed by atoms with E-state index < -0.39 is 24.0 Å². The number of anilines is 1. The van der Waals surface area contributed by atoms with Crippen molar-refractivity contribution in [3.8, 4) is 5.75 Å². The molecule has 0 bridgehead atoms. The van der Waals surface area contributed by atoms with Crippen molar-refractivity contribution in [2.75, 3.05) is 24.7 Å². The van der Waals surface area contributed by atoms with Crippen LogP contribution in [0.1, 0.15) is 24.5 Å². The first-order valence-corrected chi connectivity index (χ1v) is 12.7. The largest absolute Gasteiger partial charge is 0.489 e. The molecule has 0 saturated carbocycles. The van der Waals surface area contributed by atoms with Crippen molar-refractivity contribution in [2.45, 2.75) is 38.5 Å². The van der Waals surface area contributed by atoms with Crippen LogP contribution in [0.3, 0.4) is 0 Å². The number of ether oxygens (including phenoxy) is 3. The van der Waals surface area contributed by atoms with Crippen LogP contribution in [-0.4, -0.2) is 49.7 Å². The number of esters is 2. The molecule has 3 aromatic rings. The lowest BCUT2D eigenvalue weighted by Gasteiger charge is -2.26. The van der Waals surface area contributed by atoms with Crippen LogP contribution in [0, 0.1) is 0 Å². The Kier molecular flexibility index (Phi) is 11.3. The second-order valence-corrected chi connectivity index (χ2v) is 8.90. The molecule has 1 N–H and O–H groups in total. The minimum absolute atomic E-state index is 0. The van der Waals surface area contributed by atoms with E-state index in [0.29, 0.717) is 24.3 Å². The van der Waals surface area contributed by atoms with Gasteiger partial charge in [0.2, 0.25) is 5.91 Å². The summed E-state index contributed by atoms with van der Waals surface area (Å²) in [5, 5.41) is 3.15. The third kappa shape index (κ3) is 8.30. The minimum atomic E-state index is -0.880. The molecule has 3 aromatic carbocycles. The number of carbonyl (C=O) groups is 3. The lowest BCUT2D eigenvalue weighted by molar-refractivity contribution is -0.147. The number of hydrogen-bond donors (Lipinski definition) is 1. The van der Waals surface area contributed by atoms with Gasteiger partial charge in [-0.1, -0.05) is 72.8 Å². The summed E-state index contributed by atoms with van der Waals surface area (Å²) in [6, 6.07) is 24.5. The van der Waals surface area contributed by atoms with Crippen LogP contribution in [0.15, 0.2) is 84.9 Å². The van der Waals surface area contributed by atoms with Crippen molar-refractivity contribution in [3.05, 3.63) is 96.1 Å². The molecule has 0 saturated heterocycles. The first kappa shape index (κ1) is 29.7. The topological polar surface area (TPSA) is 94.2 Å². The Bertz CT molecular complexity index is 1220. The Hall–Kier alpha value is -3.88. The molecule has 0 radical (unpaired) electrons. The number of fused-ring (bicyclic) bond motifs is 1. The van der Waals surface area contributed by atoms with Gasteiger partial charge in [-0.15, -0.1) is 12.4 Å². The fourth-order valence-electron chi connectivity index (χ4n) is 4.26. The molecule has 0 spiro atoms. The normalized spacial score (nSPS) is 15.2. The van der Waals surface area contributed by atoms with E-state index in [0.717, 1.165) is 11.1 Å². The summed E-state index contributed by atoms with van der Waals surface area (Å²) in [4.78, 5) is 40.7. The monoisotopic (exact) mass is 552 g/mol. The third-order valence-corrected chi connectivity index (χ3v) is 6.19. The number of para-hydroxylation sites is 2. The minimum Gasteiger partial charge on any atom is -0.489 e. The lowest BCUT2D eigenvalue weighted by atomic mass is 10.0. The van der Waals surface area contributed by atoms with Crippen molar-refractivity contribution < 1.29 is 28.6 Å². The summed E-state index contributed by atoms with van der Waals surface area (Å²) in [6.07, 6.45) is 1.05. The molecule has 206 valence electrons. The number of rotatable bonds is 11. The Morgan fingerprint density at radius 2 is 1.59 bits per heavy atom. The molecule has 0 unspecified atom stereocenters. The van der Waals surface area contributed by atoms with Crippen LogP contribution in [0.25, 0.3) is 0 Å². The van der Waals surface area contributed by atoms with Gasteiger partial charge in [0.1, 0.15) is 37.6 Å². The van der Waals surface area contributed by atoms with Gasteiger partial charge in [0.15, 0.2) is 0 Å². The molecule has 8 nitrogen and oxygen atoms in total. The molecule has 0 aromatic heterocycles. The van der Waals surface area contributed by atoms with Crippen LogP contribution in [0.5, 0.6) is 5.75 Å². The van der Waals surface area contributed by atoms with Crippen molar-refractivity contribution >= 4 is 35.9 Å². The van der Waals surface area contributed by atoms with Gasteiger partial charge in [0.25, 0.3) is 0 Å². The van der Waals surface area contributed by atoms with E-state index in [-0.39, 0.29) is 44.7 Å². The Morgan fingerprint density at radius 3 is 2.28 bits per heavy atom. The standard InChI is InChI=1S/C30H32N2O6.ClH/c1-2-36-30(35)24(18-17-22-11-5-3-6-12-22)31-25-21-37-27-16-10-9-15-26(27)32(29(25)34)19-28(33)38-20-23-13-7-4-8-14-23;/h3-16,24-25,31H,2,17-21H2,1H3;1H/t24-,25+;/m1./s1. The van der Waals surface area contributed by atoms with Gasteiger partial charge in [-0.25, -0.2) is 0 Å². The SMILES string of the molecule is CCOC(=O)[C@@H](CCc1ccccc1)N[C@H]1COc2ccccc2N(CC(=O)OCc2ccccc2)C1=O.Cl. The number of amides is 1. The lowest BCUT2D eigenvalue weighted by Crippen LogP contribution is -2.55. The van der Waals surface area contributed by atoms with Crippen LogP contribution < -0.4 is 15.0 Å². The molecular formula is C30H33ClN2O6. The highest BCUT2D eigenvalue weighted by Crippen LogP contribution is 2.31. The first-order chi connectivity index (χ1) is 18.5. The number of nitrogens with zero attached hydrogens (tertiary/aromatic N) is 1. The van der Waals surface area contributed by atoms with Crippen molar-refractivity contribution in [1.82, 2.24) is 5.32 Å². The summed E-state index contributed by atoms with van der Waals surface area (Å²) in [6.45, 7) is 1.77. The van der Waals surface area contributed by atoms with Crippen LogP contribution in [-0.2, 0) is 36.9 Å². The molecule has 0 aliphatic carbocycles. The zero-order chi connectivity index (χ0) is 26.7. The maximum absolute atomic E-state index is 13.7. The smallest absolute Gasteiger partial charge is 0.326 e. The van der Waals surface area contributed by atoms with Gasteiger partial charge in [0.05, 0.1) is 12.3 Å². The van der Waals surface area contributed by atoms with E-state index >= 15 is 0 Å². The zero-order valence-corrected chi connectivity index (χ0v) is 22.6. The van der Waals surface area contributed by atoms with E-state index in [1.54, 1.807) is 31.2 Å². The fourth-order valence-corrected chi connectivity index (χ4v) is 4.26. The van der Waals surface area contributed by atoms with E-state index in [2.05, 4.69) is 5.32 Å². The molecule has 39 heavy (non-hydrogen) atoms. The molecule has 9 heteroatoms. The van der Waals surface area contributed by atoms with Gasteiger partial charge in [-0.3, -0.25) is 24.6 Å². The molecule has 1 heterocycles. The van der Waals surface area contributed by atoms with E-state index in [1.807, 2.05) is 60.7 Å². The molecule has 0 fully saturated rings. The Labute approximate surface area is 234 Å².